The molecule has 3 atom stereocenters. The van der Waals surface area contributed by atoms with Gasteiger partial charge in [-0.15, -0.1) is 0 Å². The smallest absolute Gasteiger partial charge is 0.371 e. The van der Waals surface area contributed by atoms with Gasteiger partial charge >= 0.3 is 5.97 Å². The first-order valence-electron chi connectivity index (χ1n) is 8.19. The zero-order chi connectivity index (χ0) is 17.0. The Kier molecular flexibility index (Phi) is 5.45. The molecule has 0 radical (unpaired) electrons. The van der Waals surface area contributed by atoms with Crippen molar-refractivity contribution in [3.05, 3.63) is 29.8 Å². The van der Waals surface area contributed by atoms with Crippen LogP contribution in [0.15, 0.2) is 24.3 Å². The van der Waals surface area contributed by atoms with E-state index in [1.54, 1.807) is 7.11 Å². The van der Waals surface area contributed by atoms with E-state index in [4.69, 9.17) is 9.47 Å². The lowest BCUT2D eigenvalue weighted by Crippen LogP contribution is -2.43. The molecule has 0 spiro atoms. The first kappa shape index (κ1) is 17.5. The molecule has 0 unspecified atom stereocenters. The molecule has 4 nitrogen and oxygen atoms in total. The summed E-state index contributed by atoms with van der Waals surface area (Å²) in [6, 6.07) is 7.97. The molecule has 0 heterocycles. The Morgan fingerprint density at radius 1 is 1.26 bits per heavy atom. The first-order chi connectivity index (χ1) is 10.9. The molecular weight excluding hydrogens is 292 g/mol. The standard InChI is InChI=1S/C19H26O4/c1-13-9-10-15(17(11-13)23-18(21)12-20)19(2,3)14-7-5-6-8-16(14)22-4/h5-8,12-13,15,17H,9-11H2,1-4H3/t13-,15-,17-/m1/s1. The number of carbonyl (C=O) groups excluding carboxylic acids is 2. The summed E-state index contributed by atoms with van der Waals surface area (Å²) in [5.74, 6) is 0.713. The highest BCUT2D eigenvalue weighted by atomic mass is 16.5. The van der Waals surface area contributed by atoms with E-state index in [1.807, 2.05) is 18.2 Å². The van der Waals surface area contributed by atoms with Gasteiger partial charge in [-0.05, 0) is 30.2 Å². The summed E-state index contributed by atoms with van der Waals surface area (Å²) < 4.78 is 11.0. The number of carbonyl (C=O) groups is 2. The van der Waals surface area contributed by atoms with Gasteiger partial charge in [0.1, 0.15) is 11.9 Å². The van der Waals surface area contributed by atoms with E-state index in [2.05, 4.69) is 26.8 Å². The number of rotatable bonds is 5. The Morgan fingerprint density at radius 2 is 1.96 bits per heavy atom. The SMILES string of the molecule is COc1ccccc1C(C)(C)[C@@H]1CC[C@@H](C)C[C@H]1OC(=O)C=O. The average molecular weight is 318 g/mol. The molecule has 126 valence electrons. The Morgan fingerprint density at radius 3 is 2.61 bits per heavy atom. The zero-order valence-electron chi connectivity index (χ0n) is 14.4. The van der Waals surface area contributed by atoms with Gasteiger partial charge in [0.2, 0.25) is 6.29 Å². The summed E-state index contributed by atoms with van der Waals surface area (Å²) >= 11 is 0. The quantitative estimate of drug-likeness (QED) is 0.473. The van der Waals surface area contributed by atoms with Crippen LogP contribution in [-0.4, -0.2) is 25.5 Å². The number of methoxy groups -OCH3 is 1. The topological polar surface area (TPSA) is 52.6 Å². The van der Waals surface area contributed by atoms with Crippen molar-refractivity contribution in [2.75, 3.05) is 7.11 Å². The molecule has 1 aliphatic carbocycles. The third kappa shape index (κ3) is 3.74. The molecule has 4 heteroatoms. The maximum absolute atomic E-state index is 11.5. The second kappa shape index (κ2) is 7.16. The van der Waals surface area contributed by atoms with Crippen molar-refractivity contribution < 1.29 is 19.1 Å². The number of hydrogen-bond donors (Lipinski definition) is 0. The van der Waals surface area contributed by atoms with Gasteiger partial charge in [-0.1, -0.05) is 45.4 Å². The minimum atomic E-state index is -0.773. The van der Waals surface area contributed by atoms with Gasteiger partial charge in [-0.2, -0.15) is 0 Å². The number of esters is 1. The highest BCUT2D eigenvalue weighted by molar-refractivity contribution is 6.20. The fraction of sp³-hybridized carbons (Fsp3) is 0.579. The summed E-state index contributed by atoms with van der Waals surface area (Å²) in [6.07, 6.45) is 2.87. The lowest BCUT2D eigenvalue weighted by atomic mass is 9.64. The molecule has 1 aromatic carbocycles. The van der Waals surface area contributed by atoms with Crippen LogP contribution in [0.5, 0.6) is 5.75 Å². The van der Waals surface area contributed by atoms with E-state index in [1.165, 1.54) is 0 Å². The monoisotopic (exact) mass is 318 g/mol. The summed E-state index contributed by atoms with van der Waals surface area (Å²) in [5, 5.41) is 0. The van der Waals surface area contributed by atoms with Crippen LogP contribution < -0.4 is 4.74 Å². The first-order valence-corrected chi connectivity index (χ1v) is 8.19. The maximum Gasteiger partial charge on any atom is 0.371 e. The van der Waals surface area contributed by atoms with Gasteiger partial charge in [0, 0.05) is 11.5 Å². The van der Waals surface area contributed by atoms with Crippen molar-refractivity contribution in [2.24, 2.45) is 11.8 Å². The maximum atomic E-state index is 11.5. The number of aldehydes is 1. The minimum absolute atomic E-state index is 0.152. The summed E-state index contributed by atoms with van der Waals surface area (Å²) in [7, 11) is 1.67. The molecule has 0 saturated heterocycles. The van der Waals surface area contributed by atoms with Crippen LogP contribution in [0, 0.1) is 11.8 Å². The van der Waals surface area contributed by atoms with E-state index >= 15 is 0 Å². The molecule has 0 bridgehead atoms. The van der Waals surface area contributed by atoms with E-state index in [9.17, 15) is 9.59 Å². The molecule has 1 saturated carbocycles. The predicted molar refractivity (Wildman–Crippen MR) is 88.5 cm³/mol. The fourth-order valence-corrected chi connectivity index (χ4v) is 3.84. The largest absolute Gasteiger partial charge is 0.496 e. The number of ether oxygens (including phenoxy) is 2. The second-order valence-corrected chi connectivity index (χ2v) is 7.04. The third-order valence-corrected chi connectivity index (χ3v) is 5.15. The number of para-hydroxylation sites is 1. The minimum Gasteiger partial charge on any atom is -0.496 e. The Labute approximate surface area is 138 Å². The van der Waals surface area contributed by atoms with Gasteiger partial charge in [-0.25, -0.2) is 4.79 Å². The van der Waals surface area contributed by atoms with Gasteiger partial charge in [0.15, 0.2) is 0 Å². The zero-order valence-corrected chi connectivity index (χ0v) is 14.4. The van der Waals surface area contributed by atoms with Crippen LogP contribution in [0.25, 0.3) is 0 Å². The van der Waals surface area contributed by atoms with E-state index in [-0.39, 0.29) is 23.7 Å². The molecule has 1 aromatic rings. The summed E-state index contributed by atoms with van der Waals surface area (Å²) in [4.78, 5) is 22.2. The third-order valence-electron chi connectivity index (χ3n) is 5.15. The lowest BCUT2D eigenvalue weighted by Gasteiger charge is -2.44. The molecule has 2 rings (SSSR count). The van der Waals surface area contributed by atoms with Crippen molar-refractivity contribution in [3.63, 3.8) is 0 Å². The number of benzene rings is 1. The van der Waals surface area contributed by atoms with Gasteiger partial charge in [0.25, 0.3) is 0 Å². The van der Waals surface area contributed by atoms with Crippen LogP contribution in [0.1, 0.15) is 45.6 Å². The Bertz CT molecular complexity index is 564. The highest BCUT2D eigenvalue weighted by Gasteiger charge is 2.43. The molecule has 23 heavy (non-hydrogen) atoms. The summed E-state index contributed by atoms with van der Waals surface area (Å²) in [5.41, 5.74) is 0.884. The van der Waals surface area contributed by atoms with Crippen molar-refractivity contribution in [2.45, 2.75) is 51.6 Å². The van der Waals surface area contributed by atoms with Gasteiger partial charge in [0.05, 0.1) is 7.11 Å². The fourth-order valence-electron chi connectivity index (χ4n) is 3.84. The van der Waals surface area contributed by atoms with E-state index < -0.39 is 5.97 Å². The predicted octanol–water partition coefficient (Wildman–Crippen LogP) is 3.52. The van der Waals surface area contributed by atoms with Crippen molar-refractivity contribution in [1.29, 1.82) is 0 Å². The second-order valence-electron chi connectivity index (χ2n) is 7.04. The van der Waals surface area contributed by atoms with Gasteiger partial charge in [-0.3, -0.25) is 4.79 Å². The van der Waals surface area contributed by atoms with Crippen LogP contribution in [-0.2, 0) is 19.7 Å². The number of hydrogen-bond acceptors (Lipinski definition) is 4. The van der Waals surface area contributed by atoms with Crippen LogP contribution in [0.2, 0.25) is 0 Å². The molecule has 1 aliphatic rings. The molecule has 1 fully saturated rings. The molecule has 0 amide bonds. The Balaban J connectivity index is 2.34. The van der Waals surface area contributed by atoms with Crippen molar-refractivity contribution in [1.82, 2.24) is 0 Å². The van der Waals surface area contributed by atoms with Crippen LogP contribution in [0.3, 0.4) is 0 Å². The molecule has 0 aromatic heterocycles. The molecule has 0 N–H and O–H groups in total. The van der Waals surface area contributed by atoms with Crippen LogP contribution >= 0.6 is 0 Å². The highest BCUT2D eigenvalue weighted by Crippen LogP contribution is 2.46. The van der Waals surface area contributed by atoms with E-state index in [0.29, 0.717) is 5.92 Å². The van der Waals surface area contributed by atoms with Gasteiger partial charge < -0.3 is 9.47 Å². The van der Waals surface area contributed by atoms with E-state index in [0.717, 1.165) is 30.6 Å². The molecule has 0 aliphatic heterocycles. The van der Waals surface area contributed by atoms with Crippen LogP contribution in [0.4, 0.5) is 0 Å². The normalized spacial score (nSPS) is 24.8. The van der Waals surface area contributed by atoms with Crippen molar-refractivity contribution in [3.8, 4) is 5.75 Å². The Hall–Kier alpha value is -1.84. The van der Waals surface area contributed by atoms with Crippen molar-refractivity contribution >= 4 is 12.3 Å². The molecular formula is C19H26O4. The summed E-state index contributed by atoms with van der Waals surface area (Å²) in [6.45, 7) is 6.48. The average Bonchev–Trinajstić information content (AvgIpc) is 2.54. The lowest BCUT2D eigenvalue weighted by molar-refractivity contribution is -0.159.